The number of alkyl halides is 3. The molecule has 0 unspecified atom stereocenters. The highest BCUT2D eigenvalue weighted by Gasteiger charge is 2.36. The topological polar surface area (TPSA) is 86.5 Å². The van der Waals surface area contributed by atoms with Gasteiger partial charge in [-0.15, -0.1) is 11.3 Å². The standard InChI is InChI=1S/C27H26F3N3O3S/c1-3-5-14-36-19-10-6-16(7-11-19)21-15-20(27(28,29)30)22-23(31)24(37-26(22)33-21)25(34)32-17-8-12-18(13-9-17)35-4-2/h6-13,15H,3-5,14,31H2,1-2H3,(H,32,34). The fraction of sp³-hybridized carbons (Fsp3) is 0.259. The first-order chi connectivity index (χ1) is 17.7. The lowest BCUT2D eigenvalue weighted by Gasteiger charge is -2.12. The van der Waals surface area contributed by atoms with Crippen molar-refractivity contribution in [2.24, 2.45) is 0 Å². The summed E-state index contributed by atoms with van der Waals surface area (Å²) < 4.78 is 53.2. The second-order valence-electron chi connectivity index (χ2n) is 8.22. The molecule has 0 aliphatic rings. The largest absolute Gasteiger partial charge is 0.494 e. The maximum absolute atomic E-state index is 14.1. The van der Waals surface area contributed by atoms with Crippen LogP contribution in [0.1, 0.15) is 41.9 Å². The highest BCUT2D eigenvalue weighted by Crippen LogP contribution is 2.43. The summed E-state index contributed by atoms with van der Waals surface area (Å²) in [6.45, 7) is 4.97. The van der Waals surface area contributed by atoms with Crippen molar-refractivity contribution in [2.75, 3.05) is 24.3 Å². The number of nitrogens with one attached hydrogen (secondary N) is 1. The molecule has 0 saturated carbocycles. The average Bonchev–Trinajstić information content (AvgIpc) is 3.21. The SMILES string of the molecule is CCCCOc1ccc(-c2cc(C(F)(F)F)c3c(N)c(C(=O)Nc4ccc(OCC)cc4)sc3n2)cc1. The van der Waals surface area contributed by atoms with Gasteiger partial charge < -0.3 is 20.5 Å². The number of carbonyl (C=O) groups excluding carboxylic acids is 1. The lowest BCUT2D eigenvalue weighted by molar-refractivity contribution is -0.136. The highest BCUT2D eigenvalue weighted by molar-refractivity contribution is 7.21. The van der Waals surface area contributed by atoms with Gasteiger partial charge in [-0.2, -0.15) is 13.2 Å². The molecule has 1 amide bonds. The number of nitrogens with two attached hydrogens (primary N) is 1. The predicted octanol–water partition coefficient (Wildman–Crippen LogP) is 7.39. The Balaban J connectivity index is 1.68. The lowest BCUT2D eigenvalue weighted by atomic mass is 10.1. The van der Waals surface area contributed by atoms with Gasteiger partial charge in [0.15, 0.2) is 0 Å². The van der Waals surface area contributed by atoms with E-state index in [9.17, 15) is 18.0 Å². The summed E-state index contributed by atoms with van der Waals surface area (Å²) in [6, 6.07) is 14.3. The molecule has 194 valence electrons. The van der Waals surface area contributed by atoms with Crippen LogP contribution in [-0.2, 0) is 6.18 Å². The molecule has 0 radical (unpaired) electrons. The number of thiophene rings is 1. The number of carbonyl (C=O) groups is 1. The molecule has 4 rings (SSSR count). The zero-order valence-corrected chi connectivity index (χ0v) is 21.1. The van der Waals surface area contributed by atoms with Gasteiger partial charge in [-0.3, -0.25) is 4.79 Å². The Morgan fingerprint density at radius 3 is 2.30 bits per heavy atom. The van der Waals surface area contributed by atoms with E-state index in [1.165, 1.54) is 0 Å². The summed E-state index contributed by atoms with van der Waals surface area (Å²) >= 11 is 0.821. The first kappa shape index (κ1) is 26.3. The Morgan fingerprint density at radius 2 is 1.68 bits per heavy atom. The number of halogens is 3. The van der Waals surface area contributed by atoms with Crippen LogP contribution in [0.2, 0.25) is 0 Å². The average molecular weight is 530 g/mol. The number of pyridine rings is 1. The molecule has 6 nitrogen and oxygen atoms in total. The van der Waals surface area contributed by atoms with E-state index in [0.717, 1.165) is 30.2 Å². The second-order valence-corrected chi connectivity index (χ2v) is 9.21. The molecular weight excluding hydrogens is 503 g/mol. The van der Waals surface area contributed by atoms with Crippen molar-refractivity contribution >= 4 is 38.8 Å². The van der Waals surface area contributed by atoms with E-state index < -0.39 is 17.6 Å². The van der Waals surface area contributed by atoms with Crippen molar-refractivity contribution in [2.45, 2.75) is 32.9 Å². The fourth-order valence-corrected chi connectivity index (χ4v) is 4.72. The Hall–Kier alpha value is -3.79. The van der Waals surface area contributed by atoms with Gasteiger partial charge in [-0.1, -0.05) is 13.3 Å². The first-order valence-electron chi connectivity index (χ1n) is 11.8. The predicted molar refractivity (Wildman–Crippen MR) is 140 cm³/mol. The molecule has 0 aliphatic carbocycles. The van der Waals surface area contributed by atoms with E-state index in [0.29, 0.717) is 36.0 Å². The van der Waals surface area contributed by atoms with Crippen LogP contribution < -0.4 is 20.5 Å². The number of nitrogens with zero attached hydrogens (tertiary/aromatic N) is 1. The number of hydrogen-bond donors (Lipinski definition) is 2. The van der Waals surface area contributed by atoms with E-state index in [4.69, 9.17) is 15.2 Å². The zero-order valence-electron chi connectivity index (χ0n) is 20.3. The number of benzene rings is 2. The van der Waals surface area contributed by atoms with Crippen molar-refractivity contribution in [1.29, 1.82) is 0 Å². The van der Waals surface area contributed by atoms with Gasteiger partial charge in [0, 0.05) is 16.6 Å². The molecule has 0 fully saturated rings. The van der Waals surface area contributed by atoms with Gasteiger partial charge in [0.05, 0.1) is 30.2 Å². The summed E-state index contributed by atoms with van der Waals surface area (Å²) in [7, 11) is 0. The minimum Gasteiger partial charge on any atom is -0.494 e. The lowest BCUT2D eigenvalue weighted by Crippen LogP contribution is -2.12. The van der Waals surface area contributed by atoms with Gasteiger partial charge in [0.25, 0.3) is 5.91 Å². The van der Waals surface area contributed by atoms with Crippen LogP contribution in [0.5, 0.6) is 11.5 Å². The molecule has 0 aliphatic heterocycles. The molecule has 3 N–H and O–H groups in total. The van der Waals surface area contributed by atoms with E-state index in [-0.39, 0.29) is 26.5 Å². The van der Waals surface area contributed by atoms with E-state index in [2.05, 4.69) is 17.2 Å². The Bertz CT molecular complexity index is 1380. The molecule has 4 aromatic rings. The molecule has 0 saturated heterocycles. The number of rotatable bonds is 9. The summed E-state index contributed by atoms with van der Waals surface area (Å²) in [5.74, 6) is 0.643. The third-order valence-electron chi connectivity index (χ3n) is 5.55. The van der Waals surface area contributed by atoms with Crippen molar-refractivity contribution in [1.82, 2.24) is 4.98 Å². The van der Waals surface area contributed by atoms with E-state index >= 15 is 0 Å². The van der Waals surface area contributed by atoms with Gasteiger partial charge in [0.1, 0.15) is 21.2 Å². The highest BCUT2D eigenvalue weighted by atomic mass is 32.1. The van der Waals surface area contributed by atoms with Crippen LogP contribution in [0.3, 0.4) is 0 Å². The monoisotopic (exact) mass is 529 g/mol. The zero-order chi connectivity index (χ0) is 26.6. The minimum atomic E-state index is -4.70. The number of fused-ring (bicyclic) bond motifs is 1. The first-order valence-corrected chi connectivity index (χ1v) is 12.6. The Kier molecular flexibility index (Phi) is 7.87. The number of nitrogen functional groups attached to an aromatic ring is 1. The number of hydrogen-bond acceptors (Lipinski definition) is 6. The number of ether oxygens (including phenoxy) is 2. The second kappa shape index (κ2) is 11.1. The molecule has 2 aromatic carbocycles. The summed E-state index contributed by atoms with van der Waals surface area (Å²) in [5.41, 5.74) is 5.97. The number of amides is 1. The number of unbranched alkanes of at least 4 members (excludes halogenated alkanes) is 1. The molecule has 0 atom stereocenters. The van der Waals surface area contributed by atoms with Crippen molar-refractivity contribution in [3.63, 3.8) is 0 Å². The smallest absolute Gasteiger partial charge is 0.417 e. The van der Waals surface area contributed by atoms with Gasteiger partial charge in [-0.05, 0) is 67.9 Å². The van der Waals surface area contributed by atoms with Crippen LogP contribution in [0, 0.1) is 0 Å². The van der Waals surface area contributed by atoms with Crippen molar-refractivity contribution in [3.8, 4) is 22.8 Å². The quantitative estimate of drug-likeness (QED) is 0.221. The van der Waals surface area contributed by atoms with Crippen LogP contribution in [0.4, 0.5) is 24.5 Å². The molecular formula is C27H26F3N3O3S. The summed E-state index contributed by atoms with van der Waals surface area (Å²) in [6.07, 6.45) is -2.80. The number of anilines is 2. The molecule has 10 heteroatoms. The summed E-state index contributed by atoms with van der Waals surface area (Å²) in [4.78, 5) is 17.4. The van der Waals surface area contributed by atoms with Gasteiger partial charge in [-0.25, -0.2) is 4.98 Å². The van der Waals surface area contributed by atoms with Crippen molar-refractivity contribution in [3.05, 3.63) is 65.0 Å². The molecule has 2 heterocycles. The molecule has 0 bridgehead atoms. The molecule has 2 aromatic heterocycles. The van der Waals surface area contributed by atoms with Crippen LogP contribution >= 0.6 is 11.3 Å². The number of aromatic nitrogens is 1. The molecule has 37 heavy (non-hydrogen) atoms. The molecule has 0 spiro atoms. The van der Waals surface area contributed by atoms with Gasteiger partial charge in [0.2, 0.25) is 0 Å². The van der Waals surface area contributed by atoms with Gasteiger partial charge >= 0.3 is 6.18 Å². The normalized spacial score (nSPS) is 11.5. The maximum atomic E-state index is 14.1. The van der Waals surface area contributed by atoms with E-state index in [1.807, 2.05) is 6.92 Å². The maximum Gasteiger partial charge on any atom is 0.417 e. The van der Waals surface area contributed by atoms with E-state index in [1.54, 1.807) is 48.5 Å². The minimum absolute atomic E-state index is 0.0300. The third kappa shape index (κ3) is 5.96. The van der Waals surface area contributed by atoms with Crippen LogP contribution in [0.25, 0.3) is 21.5 Å². The third-order valence-corrected chi connectivity index (χ3v) is 6.65. The van der Waals surface area contributed by atoms with Crippen molar-refractivity contribution < 1.29 is 27.4 Å². The van der Waals surface area contributed by atoms with Crippen LogP contribution in [0.15, 0.2) is 54.6 Å². The Morgan fingerprint density at radius 1 is 1.03 bits per heavy atom. The summed E-state index contributed by atoms with van der Waals surface area (Å²) in [5, 5.41) is 2.39. The fourth-order valence-electron chi connectivity index (χ4n) is 3.71. The van der Waals surface area contributed by atoms with Crippen LogP contribution in [-0.4, -0.2) is 24.1 Å². The Labute approximate surface area is 216 Å².